The number of furan rings is 1. The molecule has 0 spiro atoms. The van der Waals surface area contributed by atoms with E-state index in [-0.39, 0.29) is 18.0 Å². The van der Waals surface area contributed by atoms with E-state index in [1.165, 1.54) is 6.26 Å². The van der Waals surface area contributed by atoms with Crippen molar-refractivity contribution in [3.63, 3.8) is 0 Å². The fourth-order valence-corrected chi connectivity index (χ4v) is 4.12. The van der Waals surface area contributed by atoms with Gasteiger partial charge in [-0.25, -0.2) is 4.79 Å². The summed E-state index contributed by atoms with van der Waals surface area (Å²) in [5, 5.41) is 2.94. The van der Waals surface area contributed by atoms with E-state index in [9.17, 15) is 9.59 Å². The molecule has 1 aromatic heterocycles. The predicted octanol–water partition coefficient (Wildman–Crippen LogP) is 2.37. The summed E-state index contributed by atoms with van der Waals surface area (Å²) in [4.78, 5) is 31.2. The lowest BCUT2D eigenvalue weighted by atomic mass is 10.2. The van der Waals surface area contributed by atoms with Gasteiger partial charge >= 0.3 is 6.03 Å². The number of hydrogen-bond acceptors (Lipinski definition) is 6. The molecule has 9 heteroatoms. The largest absolute Gasteiger partial charge is 0.497 e. The molecule has 0 bridgehead atoms. The summed E-state index contributed by atoms with van der Waals surface area (Å²) in [5.41, 5.74) is 0.700. The zero-order valence-corrected chi connectivity index (χ0v) is 18.4. The Bertz CT molecular complexity index is 904. The van der Waals surface area contributed by atoms with Gasteiger partial charge in [0.25, 0.3) is 5.91 Å². The second-order valence-electron chi connectivity index (χ2n) is 8.02. The Labute approximate surface area is 187 Å². The van der Waals surface area contributed by atoms with E-state index in [4.69, 9.17) is 13.9 Å². The summed E-state index contributed by atoms with van der Waals surface area (Å²) in [6.45, 7) is 5.32. The highest BCUT2D eigenvalue weighted by atomic mass is 16.5. The molecule has 2 aliphatic heterocycles. The van der Waals surface area contributed by atoms with E-state index in [1.807, 2.05) is 23.1 Å². The van der Waals surface area contributed by atoms with E-state index in [0.29, 0.717) is 50.0 Å². The zero-order valence-electron chi connectivity index (χ0n) is 18.4. The monoisotopic (exact) mass is 442 g/mol. The van der Waals surface area contributed by atoms with Crippen LogP contribution in [0.2, 0.25) is 0 Å². The smallest absolute Gasteiger partial charge is 0.322 e. The molecule has 172 valence electrons. The minimum Gasteiger partial charge on any atom is -0.497 e. The summed E-state index contributed by atoms with van der Waals surface area (Å²) >= 11 is 0. The maximum atomic E-state index is 12.7. The number of benzene rings is 1. The van der Waals surface area contributed by atoms with Gasteiger partial charge in [-0.2, -0.15) is 0 Å². The highest BCUT2D eigenvalue weighted by Gasteiger charge is 2.28. The summed E-state index contributed by atoms with van der Waals surface area (Å²) in [5.74, 6) is 1.02. The first-order chi connectivity index (χ1) is 15.6. The molecule has 3 amide bonds. The molecule has 1 aromatic carbocycles. The second kappa shape index (κ2) is 10.5. The van der Waals surface area contributed by atoms with Crippen molar-refractivity contribution in [3.8, 4) is 5.75 Å². The van der Waals surface area contributed by atoms with Crippen molar-refractivity contribution >= 4 is 17.6 Å². The lowest BCUT2D eigenvalue weighted by Gasteiger charge is -2.35. The number of nitrogens with zero attached hydrogens (tertiary/aromatic N) is 3. The molecule has 1 unspecified atom stereocenters. The Balaban J connectivity index is 1.27. The van der Waals surface area contributed by atoms with Crippen molar-refractivity contribution in [3.05, 3.63) is 48.4 Å². The van der Waals surface area contributed by atoms with Crippen LogP contribution in [0.15, 0.2) is 47.1 Å². The van der Waals surface area contributed by atoms with Crippen molar-refractivity contribution < 1.29 is 23.5 Å². The molecular formula is C23H30N4O5. The molecule has 2 aromatic rings. The van der Waals surface area contributed by atoms with Gasteiger partial charge in [0.05, 0.1) is 26.1 Å². The summed E-state index contributed by atoms with van der Waals surface area (Å²) in [6.07, 6.45) is 2.35. The standard InChI is InChI=1S/C23H30N4O5/c1-30-19-6-2-5-18(15-19)24-23(29)27-12-14-31-20(17-27)16-25-8-4-9-26(11-10-25)22(28)21-7-3-13-32-21/h2-3,5-7,13,15,20H,4,8-12,14,16-17H2,1H3,(H,24,29). The van der Waals surface area contributed by atoms with Gasteiger partial charge in [0.2, 0.25) is 0 Å². The van der Waals surface area contributed by atoms with Crippen LogP contribution in [0.3, 0.4) is 0 Å². The number of morpholine rings is 1. The van der Waals surface area contributed by atoms with Crippen LogP contribution in [0.4, 0.5) is 10.5 Å². The number of methoxy groups -OCH3 is 1. The van der Waals surface area contributed by atoms with Gasteiger partial charge in [-0.1, -0.05) is 6.07 Å². The molecule has 0 aliphatic carbocycles. The molecule has 1 N–H and O–H groups in total. The number of anilines is 1. The number of urea groups is 1. The topological polar surface area (TPSA) is 87.5 Å². The number of carbonyl (C=O) groups is 2. The van der Waals surface area contributed by atoms with Gasteiger partial charge in [-0.15, -0.1) is 0 Å². The Hall–Kier alpha value is -3.04. The van der Waals surface area contributed by atoms with Gasteiger partial charge < -0.3 is 29.0 Å². The fourth-order valence-electron chi connectivity index (χ4n) is 4.12. The molecule has 4 rings (SSSR count). The minimum atomic E-state index is -0.141. The maximum absolute atomic E-state index is 12.7. The molecule has 9 nitrogen and oxygen atoms in total. The second-order valence-corrected chi connectivity index (χ2v) is 8.02. The average molecular weight is 443 g/mol. The van der Waals surface area contributed by atoms with Gasteiger partial charge in [-0.3, -0.25) is 9.69 Å². The van der Waals surface area contributed by atoms with Crippen LogP contribution in [-0.4, -0.2) is 92.3 Å². The minimum absolute atomic E-state index is 0.0628. The number of amides is 3. The molecule has 1 atom stereocenters. The fraction of sp³-hybridized carbons (Fsp3) is 0.478. The first-order valence-electron chi connectivity index (χ1n) is 11.0. The average Bonchev–Trinajstić information content (AvgIpc) is 3.26. The lowest BCUT2D eigenvalue weighted by molar-refractivity contribution is -0.0283. The SMILES string of the molecule is COc1cccc(NC(=O)N2CCOC(CN3CCCN(C(=O)c4ccco4)CC3)C2)c1. The van der Waals surface area contributed by atoms with Crippen LogP contribution in [0.25, 0.3) is 0 Å². The molecule has 3 heterocycles. The molecular weight excluding hydrogens is 412 g/mol. The van der Waals surface area contributed by atoms with E-state index < -0.39 is 0 Å². The van der Waals surface area contributed by atoms with E-state index >= 15 is 0 Å². The zero-order chi connectivity index (χ0) is 22.3. The highest BCUT2D eigenvalue weighted by Crippen LogP contribution is 2.18. The van der Waals surface area contributed by atoms with E-state index in [0.717, 1.165) is 26.1 Å². The summed E-state index contributed by atoms with van der Waals surface area (Å²) in [7, 11) is 1.60. The number of ether oxygens (including phenoxy) is 2. The summed E-state index contributed by atoms with van der Waals surface area (Å²) in [6, 6.07) is 10.6. The van der Waals surface area contributed by atoms with Crippen LogP contribution in [0, 0.1) is 0 Å². The van der Waals surface area contributed by atoms with Crippen LogP contribution in [0.5, 0.6) is 5.75 Å². The van der Waals surface area contributed by atoms with Crippen molar-refractivity contribution in [1.82, 2.24) is 14.7 Å². The molecule has 0 radical (unpaired) electrons. The third-order valence-corrected chi connectivity index (χ3v) is 5.82. The van der Waals surface area contributed by atoms with Crippen molar-refractivity contribution in [2.45, 2.75) is 12.5 Å². The molecule has 32 heavy (non-hydrogen) atoms. The third kappa shape index (κ3) is 5.60. The van der Waals surface area contributed by atoms with Crippen LogP contribution < -0.4 is 10.1 Å². The number of nitrogens with one attached hydrogen (secondary N) is 1. The third-order valence-electron chi connectivity index (χ3n) is 5.82. The van der Waals surface area contributed by atoms with Gasteiger partial charge in [0, 0.05) is 51.0 Å². The first kappa shape index (κ1) is 22.2. The van der Waals surface area contributed by atoms with Crippen molar-refractivity contribution in [2.24, 2.45) is 0 Å². The number of rotatable bonds is 5. The number of hydrogen-bond donors (Lipinski definition) is 1. The van der Waals surface area contributed by atoms with Gasteiger partial charge in [-0.05, 0) is 37.2 Å². The molecule has 2 saturated heterocycles. The molecule has 2 fully saturated rings. The van der Waals surface area contributed by atoms with Gasteiger partial charge in [0.15, 0.2) is 5.76 Å². The highest BCUT2D eigenvalue weighted by molar-refractivity contribution is 5.91. The Morgan fingerprint density at radius 3 is 2.81 bits per heavy atom. The lowest BCUT2D eigenvalue weighted by Crippen LogP contribution is -2.51. The maximum Gasteiger partial charge on any atom is 0.322 e. The Morgan fingerprint density at radius 1 is 1.09 bits per heavy atom. The molecule has 0 saturated carbocycles. The van der Waals surface area contributed by atoms with Crippen molar-refractivity contribution in [1.29, 1.82) is 0 Å². The quantitative estimate of drug-likeness (QED) is 0.765. The first-order valence-corrected chi connectivity index (χ1v) is 11.0. The normalized spacial score (nSPS) is 20.0. The summed E-state index contributed by atoms with van der Waals surface area (Å²) < 4.78 is 16.4. The number of carbonyl (C=O) groups excluding carboxylic acids is 2. The Morgan fingerprint density at radius 2 is 2.00 bits per heavy atom. The van der Waals surface area contributed by atoms with E-state index in [2.05, 4.69) is 10.2 Å². The molecule has 2 aliphatic rings. The van der Waals surface area contributed by atoms with Crippen molar-refractivity contribution in [2.75, 3.05) is 64.8 Å². The van der Waals surface area contributed by atoms with Gasteiger partial charge in [0.1, 0.15) is 5.75 Å². The predicted molar refractivity (Wildman–Crippen MR) is 119 cm³/mol. The van der Waals surface area contributed by atoms with Crippen LogP contribution >= 0.6 is 0 Å². The van der Waals surface area contributed by atoms with Crippen LogP contribution in [0.1, 0.15) is 17.0 Å². The van der Waals surface area contributed by atoms with E-state index in [1.54, 1.807) is 30.2 Å². The van der Waals surface area contributed by atoms with Crippen LogP contribution in [-0.2, 0) is 4.74 Å². The Kier molecular flexibility index (Phi) is 7.28.